The van der Waals surface area contributed by atoms with Crippen molar-refractivity contribution < 1.29 is 4.79 Å². The zero-order valence-corrected chi connectivity index (χ0v) is 18.1. The van der Waals surface area contributed by atoms with Crippen LogP contribution >= 0.6 is 23.1 Å². The van der Waals surface area contributed by atoms with Crippen LogP contribution < -0.4 is 4.90 Å². The van der Waals surface area contributed by atoms with Gasteiger partial charge in [0.1, 0.15) is 0 Å². The van der Waals surface area contributed by atoms with Crippen molar-refractivity contribution in [1.82, 2.24) is 4.98 Å². The Morgan fingerprint density at radius 2 is 1.86 bits per heavy atom. The molecule has 4 rings (SSSR count). The number of carbonyl (C=O) groups is 1. The molecule has 0 bridgehead atoms. The van der Waals surface area contributed by atoms with Crippen LogP contribution in [0.2, 0.25) is 0 Å². The lowest BCUT2D eigenvalue weighted by Gasteiger charge is -2.20. The average molecular weight is 419 g/mol. The van der Waals surface area contributed by atoms with Gasteiger partial charge < -0.3 is 0 Å². The van der Waals surface area contributed by atoms with Crippen molar-refractivity contribution in [2.75, 3.05) is 10.7 Å². The van der Waals surface area contributed by atoms with Gasteiger partial charge in [0, 0.05) is 10.5 Å². The first-order chi connectivity index (χ1) is 14.1. The molecule has 146 valence electrons. The number of thioether (sulfide) groups is 1. The highest BCUT2D eigenvalue weighted by Crippen LogP contribution is 2.32. The molecule has 0 aliphatic carbocycles. The Kier molecular flexibility index (Phi) is 5.97. The predicted molar refractivity (Wildman–Crippen MR) is 124 cm³/mol. The van der Waals surface area contributed by atoms with Gasteiger partial charge in [-0.3, -0.25) is 9.69 Å². The number of thiazole rings is 1. The fraction of sp³-hybridized carbons (Fsp3) is 0.167. The van der Waals surface area contributed by atoms with Gasteiger partial charge in [-0.15, -0.1) is 11.8 Å². The molecule has 0 saturated heterocycles. The van der Waals surface area contributed by atoms with Crippen LogP contribution in [0.1, 0.15) is 28.4 Å². The fourth-order valence-corrected chi connectivity index (χ4v) is 4.95. The normalized spacial score (nSPS) is 11.0. The van der Waals surface area contributed by atoms with E-state index < -0.39 is 0 Å². The Balaban J connectivity index is 1.74. The van der Waals surface area contributed by atoms with E-state index >= 15 is 0 Å². The van der Waals surface area contributed by atoms with Gasteiger partial charge in [0.05, 0.1) is 16.8 Å². The summed E-state index contributed by atoms with van der Waals surface area (Å²) in [5, 5.41) is 0.730. The summed E-state index contributed by atoms with van der Waals surface area (Å²) in [5.74, 6) is 0.950. The van der Waals surface area contributed by atoms with E-state index in [1.165, 1.54) is 5.56 Å². The van der Waals surface area contributed by atoms with Crippen molar-refractivity contribution in [3.05, 3.63) is 89.5 Å². The number of fused-ring (bicyclic) bond motifs is 1. The van der Waals surface area contributed by atoms with Crippen LogP contribution in [0.25, 0.3) is 10.2 Å². The van der Waals surface area contributed by atoms with Crippen LogP contribution in [0.15, 0.2) is 77.7 Å². The van der Waals surface area contributed by atoms with Gasteiger partial charge in [0.15, 0.2) is 5.13 Å². The van der Waals surface area contributed by atoms with E-state index in [1.54, 1.807) is 28.0 Å². The van der Waals surface area contributed by atoms with Crippen molar-refractivity contribution in [3.63, 3.8) is 0 Å². The molecular formula is C24H22N2OS2. The molecule has 0 radical (unpaired) electrons. The van der Waals surface area contributed by atoms with E-state index in [0.717, 1.165) is 31.6 Å². The Morgan fingerprint density at radius 3 is 2.66 bits per heavy atom. The first-order valence-corrected chi connectivity index (χ1v) is 11.4. The largest absolute Gasteiger partial charge is 0.279 e. The number of aromatic nitrogens is 1. The lowest BCUT2D eigenvalue weighted by Crippen LogP contribution is -2.30. The van der Waals surface area contributed by atoms with Crippen molar-refractivity contribution in [3.8, 4) is 0 Å². The van der Waals surface area contributed by atoms with Crippen LogP contribution in [-0.2, 0) is 6.54 Å². The van der Waals surface area contributed by atoms with Crippen molar-refractivity contribution in [2.24, 2.45) is 0 Å². The number of aryl methyl sites for hydroxylation is 1. The third kappa shape index (κ3) is 4.52. The number of hydrogen-bond acceptors (Lipinski definition) is 4. The lowest BCUT2D eigenvalue weighted by molar-refractivity contribution is 0.0985. The maximum Gasteiger partial charge on any atom is 0.260 e. The summed E-state index contributed by atoms with van der Waals surface area (Å²) in [7, 11) is 0. The molecule has 3 aromatic carbocycles. The zero-order valence-electron chi connectivity index (χ0n) is 16.5. The van der Waals surface area contributed by atoms with Crippen LogP contribution in [0, 0.1) is 6.92 Å². The molecule has 1 amide bonds. The summed E-state index contributed by atoms with van der Waals surface area (Å²) in [4.78, 5) is 21.2. The van der Waals surface area contributed by atoms with E-state index in [9.17, 15) is 4.79 Å². The van der Waals surface area contributed by atoms with Gasteiger partial charge in [0.2, 0.25) is 0 Å². The standard InChI is InChI=1S/C24H22N2OS2/c1-3-28-20-11-7-10-19(15-20)23(27)26(16-18-8-5-4-6-9-18)24-25-21-13-12-17(2)14-22(21)29-24/h4-15H,3,16H2,1-2H3. The first kappa shape index (κ1) is 19.7. The van der Waals surface area contributed by atoms with Crippen molar-refractivity contribution >= 4 is 44.4 Å². The van der Waals surface area contributed by atoms with Gasteiger partial charge >= 0.3 is 0 Å². The van der Waals surface area contributed by atoms with E-state index in [0.29, 0.717) is 12.1 Å². The summed E-state index contributed by atoms with van der Waals surface area (Å²) in [5.41, 5.74) is 3.89. The van der Waals surface area contributed by atoms with Crippen LogP contribution in [0.5, 0.6) is 0 Å². The van der Waals surface area contributed by atoms with Crippen molar-refractivity contribution in [2.45, 2.75) is 25.3 Å². The lowest BCUT2D eigenvalue weighted by atomic mass is 10.1. The van der Waals surface area contributed by atoms with Crippen LogP contribution in [0.3, 0.4) is 0 Å². The molecule has 0 aliphatic heterocycles. The number of amides is 1. The number of anilines is 1. The highest BCUT2D eigenvalue weighted by Gasteiger charge is 2.22. The Morgan fingerprint density at radius 1 is 1.03 bits per heavy atom. The summed E-state index contributed by atoms with van der Waals surface area (Å²) >= 11 is 3.31. The average Bonchev–Trinajstić information content (AvgIpc) is 3.15. The van der Waals surface area contributed by atoms with E-state index in [4.69, 9.17) is 4.98 Å². The zero-order chi connectivity index (χ0) is 20.2. The van der Waals surface area contributed by atoms with Gasteiger partial charge in [-0.25, -0.2) is 4.98 Å². The summed E-state index contributed by atoms with van der Waals surface area (Å²) in [6.45, 7) is 4.68. The number of nitrogens with zero attached hydrogens (tertiary/aromatic N) is 2. The minimum absolute atomic E-state index is 0.0248. The minimum atomic E-state index is -0.0248. The summed E-state index contributed by atoms with van der Waals surface area (Å²) < 4.78 is 1.10. The molecule has 0 spiro atoms. The second-order valence-electron chi connectivity index (χ2n) is 6.81. The predicted octanol–water partition coefficient (Wildman–Crippen LogP) is 6.56. The Labute approximate surface area is 179 Å². The van der Waals surface area contributed by atoms with Crippen LogP contribution in [-0.4, -0.2) is 16.6 Å². The quantitative estimate of drug-likeness (QED) is 0.332. The fourth-order valence-electron chi connectivity index (χ4n) is 3.17. The van der Waals surface area contributed by atoms with Gasteiger partial charge in [-0.05, 0) is 54.1 Å². The molecule has 0 fully saturated rings. The number of hydrogen-bond donors (Lipinski definition) is 0. The van der Waals surface area contributed by atoms with Crippen molar-refractivity contribution in [1.29, 1.82) is 0 Å². The highest BCUT2D eigenvalue weighted by molar-refractivity contribution is 7.99. The molecule has 1 heterocycles. The first-order valence-electron chi connectivity index (χ1n) is 9.60. The molecule has 0 atom stereocenters. The topological polar surface area (TPSA) is 33.2 Å². The van der Waals surface area contributed by atoms with E-state index in [1.807, 2.05) is 60.7 Å². The highest BCUT2D eigenvalue weighted by atomic mass is 32.2. The van der Waals surface area contributed by atoms with Gasteiger partial charge in [0.25, 0.3) is 5.91 Å². The molecule has 0 N–H and O–H groups in total. The molecule has 0 aliphatic rings. The third-order valence-corrected chi connectivity index (χ3v) is 6.50. The second kappa shape index (κ2) is 8.80. The SMILES string of the molecule is CCSc1cccc(C(=O)N(Cc2ccccc2)c2nc3ccc(C)cc3s2)c1. The minimum Gasteiger partial charge on any atom is -0.279 e. The van der Waals surface area contributed by atoms with E-state index in [2.05, 4.69) is 26.0 Å². The maximum absolute atomic E-state index is 13.5. The number of carbonyl (C=O) groups excluding carboxylic acids is 1. The Bertz CT molecular complexity index is 1140. The van der Waals surface area contributed by atoms with E-state index in [-0.39, 0.29) is 5.91 Å². The molecule has 0 unspecified atom stereocenters. The summed E-state index contributed by atoms with van der Waals surface area (Å²) in [6, 6.07) is 24.1. The number of rotatable bonds is 6. The molecule has 5 heteroatoms. The summed E-state index contributed by atoms with van der Waals surface area (Å²) in [6.07, 6.45) is 0. The molecule has 4 aromatic rings. The molecular weight excluding hydrogens is 396 g/mol. The molecule has 3 nitrogen and oxygen atoms in total. The van der Waals surface area contributed by atoms with Crippen LogP contribution in [0.4, 0.5) is 5.13 Å². The number of benzene rings is 3. The second-order valence-corrected chi connectivity index (χ2v) is 9.15. The molecule has 0 saturated carbocycles. The maximum atomic E-state index is 13.5. The molecule has 1 aromatic heterocycles. The van der Waals surface area contributed by atoms with Gasteiger partial charge in [-0.2, -0.15) is 0 Å². The third-order valence-electron chi connectivity index (χ3n) is 4.58. The smallest absolute Gasteiger partial charge is 0.260 e. The monoisotopic (exact) mass is 418 g/mol. The molecule has 29 heavy (non-hydrogen) atoms. The Hall–Kier alpha value is -2.63. The van der Waals surface area contributed by atoms with Gasteiger partial charge in [-0.1, -0.05) is 60.7 Å².